The predicted octanol–water partition coefficient (Wildman–Crippen LogP) is 7.28. The Morgan fingerprint density at radius 2 is 1.43 bits per heavy atom. The molecule has 3 atom stereocenters. The average molecular weight is 728 g/mol. The molecule has 0 radical (unpaired) electrons. The summed E-state index contributed by atoms with van der Waals surface area (Å²) in [4.78, 5) is 40.9. The molecule has 2 aliphatic heterocycles. The van der Waals surface area contributed by atoms with E-state index in [1.807, 2.05) is 23.6 Å². The highest BCUT2D eigenvalue weighted by atomic mass is 19.4. The Labute approximate surface area is 294 Å². The van der Waals surface area contributed by atoms with E-state index in [1.165, 1.54) is 7.11 Å². The number of nitrogens with zero attached hydrogens (tertiary/aromatic N) is 5. The molecule has 1 aromatic heterocycles. The van der Waals surface area contributed by atoms with E-state index in [1.54, 1.807) is 17.3 Å². The Morgan fingerprint density at radius 1 is 0.882 bits per heavy atom. The van der Waals surface area contributed by atoms with Crippen LogP contribution in [0.4, 0.5) is 38.0 Å². The fourth-order valence-corrected chi connectivity index (χ4v) is 7.85. The van der Waals surface area contributed by atoms with E-state index in [0.29, 0.717) is 71.2 Å². The van der Waals surface area contributed by atoms with Crippen LogP contribution in [0, 0.1) is 11.8 Å². The fraction of sp³-hybridized carbons (Fsp3) is 0.667. The molecule has 1 aliphatic carbocycles. The maximum Gasteiger partial charge on any atom is 0.416 e. The molecular formula is C36H47F6N5O4. The summed E-state index contributed by atoms with van der Waals surface area (Å²) in [6, 6.07) is 0.849. The number of carbonyl (C=O) groups excluding carboxylic acids is 2. The van der Waals surface area contributed by atoms with Crippen LogP contribution in [0.5, 0.6) is 0 Å². The topological polar surface area (TPSA) is 88.1 Å². The Morgan fingerprint density at radius 3 is 1.92 bits per heavy atom. The lowest BCUT2D eigenvalue weighted by atomic mass is 9.78. The highest BCUT2D eigenvalue weighted by Gasteiger charge is 2.43. The van der Waals surface area contributed by atoms with Gasteiger partial charge in [-0.1, -0.05) is 13.8 Å². The van der Waals surface area contributed by atoms with Crippen LogP contribution >= 0.6 is 0 Å². The number of methoxy groups -OCH3 is 1. The van der Waals surface area contributed by atoms with E-state index in [9.17, 15) is 35.9 Å². The number of halogens is 6. The molecule has 2 aromatic rings. The van der Waals surface area contributed by atoms with Gasteiger partial charge in [0.15, 0.2) is 0 Å². The maximum atomic E-state index is 14.1. The number of morpholine rings is 1. The van der Waals surface area contributed by atoms with Crippen LogP contribution in [-0.2, 0) is 38.0 Å². The first kappa shape index (κ1) is 38.6. The number of hydrogen-bond acceptors (Lipinski definition) is 8. The van der Waals surface area contributed by atoms with Gasteiger partial charge in [0.25, 0.3) is 0 Å². The third-order valence-corrected chi connectivity index (χ3v) is 10.6. The van der Waals surface area contributed by atoms with Crippen molar-refractivity contribution in [3.63, 3.8) is 0 Å². The van der Waals surface area contributed by atoms with Gasteiger partial charge in [-0.15, -0.1) is 0 Å². The molecule has 1 amide bonds. The van der Waals surface area contributed by atoms with Crippen molar-refractivity contribution in [1.82, 2.24) is 14.9 Å². The van der Waals surface area contributed by atoms with E-state index in [0.717, 1.165) is 30.7 Å². The minimum Gasteiger partial charge on any atom is -0.469 e. The molecule has 3 fully saturated rings. The van der Waals surface area contributed by atoms with Gasteiger partial charge in [0, 0.05) is 50.1 Å². The monoisotopic (exact) mass is 727 g/mol. The van der Waals surface area contributed by atoms with Crippen molar-refractivity contribution >= 4 is 23.5 Å². The van der Waals surface area contributed by atoms with Crippen LogP contribution < -0.4 is 9.80 Å². The van der Waals surface area contributed by atoms with E-state index in [-0.39, 0.29) is 66.0 Å². The Kier molecular flexibility index (Phi) is 12.4. The number of benzene rings is 1. The van der Waals surface area contributed by atoms with Gasteiger partial charge in [-0.25, -0.2) is 9.97 Å². The summed E-state index contributed by atoms with van der Waals surface area (Å²) in [7, 11) is 1.37. The summed E-state index contributed by atoms with van der Waals surface area (Å²) in [6.07, 6.45) is -1.45. The number of amides is 1. The lowest BCUT2D eigenvalue weighted by molar-refractivity contribution is -0.146. The molecule has 282 valence electrons. The largest absolute Gasteiger partial charge is 0.469 e. The lowest BCUT2D eigenvalue weighted by Gasteiger charge is -2.49. The molecule has 5 rings (SSSR count). The van der Waals surface area contributed by atoms with Crippen LogP contribution in [0.3, 0.4) is 0 Å². The molecule has 1 saturated carbocycles. The lowest BCUT2D eigenvalue weighted by Crippen LogP contribution is -2.58. The summed E-state index contributed by atoms with van der Waals surface area (Å²) >= 11 is 0. The number of hydrogen-bond donors (Lipinski definition) is 0. The summed E-state index contributed by atoms with van der Waals surface area (Å²) < 4.78 is 93.4. The van der Waals surface area contributed by atoms with Crippen LogP contribution in [-0.4, -0.2) is 78.3 Å². The molecule has 0 spiro atoms. The van der Waals surface area contributed by atoms with Crippen molar-refractivity contribution in [2.24, 2.45) is 11.8 Å². The van der Waals surface area contributed by atoms with Crippen LogP contribution in [0.1, 0.15) is 88.3 Å². The zero-order valence-corrected chi connectivity index (χ0v) is 29.3. The van der Waals surface area contributed by atoms with E-state index >= 15 is 0 Å². The molecule has 2 unspecified atom stereocenters. The SMILES string of the molecule is CCC1CC(N(Cc2cc(C(F)(F)F)cc(C(F)(F)F)c2)c2ncc(N3CCOCC3)cn2)C[C@@H](CC)N1C(=O)C1CCC(CC(=O)OC)CC1. The number of aromatic nitrogens is 2. The molecule has 3 aliphatic rings. The molecule has 0 N–H and O–H groups in total. The minimum atomic E-state index is -4.98. The smallest absolute Gasteiger partial charge is 0.416 e. The Balaban J connectivity index is 1.44. The number of esters is 1. The Hall–Kier alpha value is -3.62. The van der Waals surface area contributed by atoms with Crippen molar-refractivity contribution in [1.29, 1.82) is 0 Å². The van der Waals surface area contributed by atoms with Crippen molar-refractivity contribution in [3.8, 4) is 0 Å². The highest BCUT2D eigenvalue weighted by Crippen LogP contribution is 2.40. The number of piperidine rings is 1. The van der Waals surface area contributed by atoms with Crippen molar-refractivity contribution in [2.45, 2.75) is 109 Å². The number of likely N-dealkylation sites (tertiary alicyclic amines) is 1. The van der Waals surface area contributed by atoms with Crippen LogP contribution in [0.2, 0.25) is 0 Å². The molecule has 0 bridgehead atoms. The first-order valence-corrected chi connectivity index (χ1v) is 17.8. The second kappa shape index (κ2) is 16.4. The molecule has 1 aromatic carbocycles. The number of anilines is 2. The van der Waals surface area contributed by atoms with Crippen molar-refractivity contribution in [3.05, 3.63) is 47.3 Å². The van der Waals surface area contributed by atoms with Gasteiger partial charge in [-0.05, 0) is 81.0 Å². The van der Waals surface area contributed by atoms with E-state index in [2.05, 4.69) is 9.97 Å². The highest BCUT2D eigenvalue weighted by molar-refractivity contribution is 5.80. The standard InChI is InChI=1S/C36H47F6N5O4/c1-4-28-18-30(19-29(5-2)47(28)33(49)25-8-6-23(7-9-25)16-32(48)50-3)46(34-43-20-31(21-44-34)45-10-12-51-13-11-45)22-24-14-26(35(37,38)39)17-27(15-24)36(40,41)42/h14-15,17,20-21,23,25,28-30H,4-13,16,18-19,22H2,1-3H3/t23?,25?,28-,29?,30?/m1/s1. The summed E-state index contributed by atoms with van der Waals surface area (Å²) in [5.74, 6) is -0.0110. The van der Waals surface area contributed by atoms with Gasteiger partial charge < -0.3 is 24.2 Å². The normalized spacial score (nSPS) is 24.7. The quantitative estimate of drug-likeness (QED) is 0.187. The second-order valence-corrected chi connectivity index (χ2v) is 13.9. The van der Waals surface area contributed by atoms with E-state index < -0.39 is 23.5 Å². The van der Waals surface area contributed by atoms with Gasteiger partial charge in [-0.3, -0.25) is 9.59 Å². The number of rotatable bonds is 10. The van der Waals surface area contributed by atoms with Gasteiger partial charge in [0.1, 0.15) is 0 Å². The van der Waals surface area contributed by atoms with Gasteiger partial charge in [0.2, 0.25) is 11.9 Å². The van der Waals surface area contributed by atoms with Crippen molar-refractivity contribution in [2.75, 3.05) is 43.2 Å². The van der Waals surface area contributed by atoms with Gasteiger partial charge >= 0.3 is 18.3 Å². The maximum absolute atomic E-state index is 14.1. The number of alkyl halides is 6. The van der Waals surface area contributed by atoms with E-state index in [4.69, 9.17) is 9.47 Å². The summed E-state index contributed by atoms with van der Waals surface area (Å²) in [5, 5.41) is 0. The number of ether oxygens (including phenoxy) is 2. The summed E-state index contributed by atoms with van der Waals surface area (Å²) in [5.41, 5.74) is -2.19. The number of carbonyl (C=O) groups is 2. The molecule has 3 heterocycles. The first-order valence-electron chi connectivity index (χ1n) is 17.8. The molecule has 2 saturated heterocycles. The van der Waals surface area contributed by atoms with Crippen molar-refractivity contribution < 1.29 is 45.4 Å². The molecule has 9 nitrogen and oxygen atoms in total. The predicted molar refractivity (Wildman–Crippen MR) is 178 cm³/mol. The zero-order chi connectivity index (χ0) is 36.9. The molecule has 51 heavy (non-hydrogen) atoms. The van der Waals surface area contributed by atoms with Gasteiger partial charge in [-0.2, -0.15) is 26.3 Å². The van der Waals surface area contributed by atoms with Crippen LogP contribution in [0.25, 0.3) is 0 Å². The molecular weight excluding hydrogens is 680 g/mol. The molecule has 15 heteroatoms. The minimum absolute atomic E-state index is 0.0639. The zero-order valence-electron chi connectivity index (χ0n) is 29.3. The average Bonchev–Trinajstić information content (AvgIpc) is 3.12. The third kappa shape index (κ3) is 9.44. The fourth-order valence-electron chi connectivity index (χ4n) is 7.85. The summed E-state index contributed by atoms with van der Waals surface area (Å²) in [6.45, 7) is 6.00. The first-order chi connectivity index (χ1) is 24.2. The second-order valence-electron chi connectivity index (χ2n) is 13.9. The third-order valence-electron chi connectivity index (χ3n) is 10.6. The van der Waals surface area contributed by atoms with Crippen LogP contribution in [0.15, 0.2) is 30.6 Å². The van der Waals surface area contributed by atoms with Gasteiger partial charge in [0.05, 0.1) is 49.5 Å². The Bertz CT molecular complexity index is 1430.